The Morgan fingerprint density at radius 1 is 1.21 bits per heavy atom. The largest absolute Gasteiger partial charge is 0.478 e. The Morgan fingerprint density at radius 3 is 2.66 bits per heavy atom. The average Bonchev–Trinajstić information content (AvgIpc) is 3.11. The van der Waals surface area contributed by atoms with Crippen molar-refractivity contribution in [3.63, 3.8) is 0 Å². The molecule has 0 unspecified atom stereocenters. The molecule has 2 aromatic carbocycles. The fourth-order valence-electron chi connectivity index (χ4n) is 3.08. The fourth-order valence-corrected chi connectivity index (χ4v) is 4.23. The van der Waals surface area contributed by atoms with Crippen molar-refractivity contribution in [3.05, 3.63) is 46.9 Å². The first-order valence-electron chi connectivity index (χ1n) is 9.40. The Balaban J connectivity index is 1.47. The van der Waals surface area contributed by atoms with Crippen LogP contribution >= 0.6 is 27.3 Å². The molecule has 1 amide bonds. The van der Waals surface area contributed by atoms with Gasteiger partial charge in [-0.05, 0) is 56.3 Å². The summed E-state index contributed by atoms with van der Waals surface area (Å²) in [6.45, 7) is 6.75. The monoisotopic (exact) mass is 475 g/mol. The van der Waals surface area contributed by atoms with E-state index in [1.165, 1.54) is 11.3 Å². The molecule has 1 N–H and O–H groups in total. The molecular formula is C21H22BrN3O3S. The molecule has 0 aliphatic carbocycles. The van der Waals surface area contributed by atoms with Crippen molar-refractivity contribution < 1.29 is 14.3 Å². The number of anilines is 2. The third-order valence-electron chi connectivity index (χ3n) is 4.70. The predicted octanol–water partition coefficient (Wildman–Crippen LogP) is 4.69. The number of carbonyl (C=O) groups excluding carboxylic acids is 1. The summed E-state index contributed by atoms with van der Waals surface area (Å²) in [5, 5.41) is 3.47. The summed E-state index contributed by atoms with van der Waals surface area (Å²) in [7, 11) is 0. The number of aromatic nitrogens is 1. The van der Waals surface area contributed by atoms with E-state index in [2.05, 4.69) is 43.3 Å². The Kier molecular flexibility index (Phi) is 5.76. The Labute approximate surface area is 182 Å². The number of amides is 1. The third-order valence-corrected chi connectivity index (χ3v) is 6.16. The van der Waals surface area contributed by atoms with E-state index in [1.54, 1.807) is 13.8 Å². The number of morpholine rings is 1. The first-order chi connectivity index (χ1) is 13.9. The van der Waals surface area contributed by atoms with Crippen molar-refractivity contribution in [1.82, 2.24) is 4.98 Å². The van der Waals surface area contributed by atoms with Crippen LogP contribution in [0.5, 0.6) is 5.75 Å². The van der Waals surface area contributed by atoms with Crippen molar-refractivity contribution in [1.29, 1.82) is 0 Å². The molecule has 1 fully saturated rings. The van der Waals surface area contributed by atoms with Gasteiger partial charge in [0.15, 0.2) is 10.7 Å². The minimum atomic E-state index is -1.04. The SMILES string of the molecule is CC(C)(Oc1ccc(Br)cc1)C(=O)Nc1nc2ccc(N3CCOCC3)cc2s1. The molecule has 1 aromatic heterocycles. The Morgan fingerprint density at radius 2 is 1.93 bits per heavy atom. The van der Waals surface area contributed by atoms with E-state index in [0.29, 0.717) is 10.9 Å². The van der Waals surface area contributed by atoms with Crippen LogP contribution in [0.1, 0.15) is 13.8 Å². The molecule has 6 nitrogen and oxygen atoms in total. The first kappa shape index (κ1) is 20.1. The van der Waals surface area contributed by atoms with Crippen molar-refractivity contribution in [2.45, 2.75) is 19.4 Å². The molecule has 1 saturated heterocycles. The fraction of sp³-hybridized carbons (Fsp3) is 0.333. The maximum Gasteiger partial charge on any atom is 0.269 e. The second-order valence-corrected chi connectivity index (χ2v) is 9.24. The summed E-state index contributed by atoms with van der Waals surface area (Å²) >= 11 is 4.86. The van der Waals surface area contributed by atoms with E-state index in [4.69, 9.17) is 9.47 Å². The second kappa shape index (κ2) is 8.30. The number of thiazole rings is 1. The molecule has 1 aliphatic heterocycles. The van der Waals surface area contributed by atoms with Crippen molar-refractivity contribution >= 4 is 54.2 Å². The molecule has 29 heavy (non-hydrogen) atoms. The normalized spacial score (nSPS) is 14.8. The van der Waals surface area contributed by atoms with Gasteiger partial charge in [0.25, 0.3) is 5.91 Å². The van der Waals surface area contributed by atoms with Crippen LogP contribution in [0.25, 0.3) is 10.2 Å². The van der Waals surface area contributed by atoms with Gasteiger partial charge < -0.3 is 14.4 Å². The standard InChI is InChI=1S/C21H22BrN3O3S/c1-21(2,28-16-6-3-14(22)4-7-16)19(26)24-20-23-17-8-5-15(13-18(17)29-20)25-9-11-27-12-10-25/h3-8,13H,9-12H2,1-2H3,(H,23,24,26). The molecule has 1 aliphatic rings. The lowest BCUT2D eigenvalue weighted by atomic mass is 10.1. The lowest BCUT2D eigenvalue weighted by Gasteiger charge is -2.28. The zero-order chi connectivity index (χ0) is 20.4. The van der Waals surface area contributed by atoms with Gasteiger partial charge in [-0.2, -0.15) is 0 Å². The molecule has 2 heterocycles. The van der Waals surface area contributed by atoms with Crippen LogP contribution in [0.4, 0.5) is 10.8 Å². The number of hydrogen-bond donors (Lipinski definition) is 1. The number of fused-ring (bicyclic) bond motifs is 1. The number of ether oxygens (including phenoxy) is 2. The van der Waals surface area contributed by atoms with E-state index in [-0.39, 0.29) is 5.91 Å². The minimum Gasteiger partial charge on any atom is -0.478 e. The van der Waals surface area contributed by atoms with Crippen LogP contribution in [0.15, 0.2) is 46.9 Å². The van der Waals surface area contributed by atoms with Crippen LogP contribution in [0.2, 0.25) is 0 Å². The zero-order valence-corrected chi connectivity index (χ0v) is 18.7. The molecule has 3 aromatic rings. The number of nitrogens with zero attached hydrogens (tertiary/aromatic N) is 2. The molecule has 0 atom stereocenters. The molecular weight excluding hydrogens is 454 g/mol. The van der Waals surface area contributed by atoms with E-state index < -0.39 is 5.60 Å². The van der Waals surface area contributed by atoms with Gasteiger partial charge in [0.1, 0.15) is 5.75 Å². The molecule has 0 radical (unpaired) electrons. The summed E-state index contributed by atoms with van der Waals surface area (Å²) < 4.78 is 13.3. The van der Waals surface area contributed by atoms with Crippen molar-refractivity contribution in [2.75, 3.05) is 36.5 Å². The maximum absolute atomic E-state index is 12.8. The highest BCUT2D eigenvalue weighted by Gasteiger charge is 2.31. The van der Waals surface area contributed by atoms with Gasteiger partial charge in [-0.15, -0.1) is 0 Å². The minimum absolute atomic E-state index is 0.243. The zero-order valence-electron chi connectivity index (χ0n) is 16.3. The lowest BCUT2D eigenvalue weighted by Crippen LogP contribution is -2.42. The summed E-state index contributed by atoms with van der Waals surface area (Å²) in [5.74, 6) is 0.390. The summed E-state index contributed by atoms with van der Waals surface area (Å²) in [5.41, 5.74) is 0.986. The molecule has 152 valence electrons. The third kappa shape index (κ3) is 4.71. The van der Waals surface area contributed by atoms with Gasteiger partial charge in [-0.3, -0.25) is 10.1 Å². The number of halogens is 1. The molecule has 0 bridgehead atoms. The van der Waals surface area contributed by atoms with Crippen molar-refractivity contribution in [2.24, 2.45) is 0 Å². The number of nitrogens with one attached hydrogen (secondary N) is 1. The Hall–Kier alpha value is -2.16. The van der Waals surface area contributed by atoms with Gasteiger partial charge in [-0.1, -0.05) is 27.3 Å². The smallest absolute Gasteiger partial charge is 0.269 e. The van der Waals surface area contributed by atoms with E-state index >= 15 is 0 Å². The Bertz CT molecular complexity index is 1010. The van der Waals surface area contributed by atoms with Crippen molar-refractivity contribution in [3.8, 4) is 5.75 Å². The first-order valence-corrected chi connectivity index (χ1v) is 11.0. The molecule has 0 spiro atoms. The van der Waals surface area contributed by atoms with E-state index in [0.717, 1.165) is 46.7 Å². The van der Waals surface area contributed by atoms with Crippen LogP contribution in [-0.2, 0) is 9.53 Å². The predicted molar refractivity (Wildman–Crippen MR) is 120 cm³/mol. The highest BCUT2D eigenvalue weighted by atomic mass is 79.9. The van der Waals surface area contributed by atoms with Crippen LogP contribution in [0.3, 0.4) is 0 Å². The summed E-state index contributed by atoms with van der Waals surface area (Å²) in [6, 6.07) is 13.6. The number of carbonyl (C=O) groups is 1. The van der Waals surface area contributed by atoms with Gasteiger partial charge in [0.05, 0.1) is 23.4 Å². The summed E-state index contributed by atoms with van der Waals surface area (Å²) in [6.07, 6.45) is 0. The number of benzene rings is 2. The lowest BCUT2D eigenvalue weighted by molar-refractivity contribution is -0.128. The molecule has 4 rings (SSSR count). The van der Waals surface area contributed by atoms with Crippen LogP contribution in [-0.4, -0.2) is 42.8 Å². The van der Waals surface area contributed by atoms with E-state index in [1.807, 2.05) is 30.3 Å². The highest BCUT2D eigenvalue weighted by molar-refractivity contribution is 9.10. The maximum atomic E-state index is 12.8. The van der Waals surface area contributed by atoms with E-state index in [9.17, 15) is 4.79 Å². The van der Waals surface area contributed by atoms with Gasteiger partial charge in [0.2, 0.25) is 0 Å². The van der Waals surface area contributed by atoms with Crippen LogP contribution in [0, 0.1) is 0 Å². The average molecular weight is 476 g/mol. The quantitative estimate of drug-likeness (QED) is 0.579. The van der Waals surface area contributed by atoms with Crippen LogP contribution < -0.4 is 15.0 Å². The second-order valence-electron chi connectivity index (χ2n) is 7.29. The van der Waals surface area contributed by atoms with Gasteiger partial charge >= 0.3 is 0 Å². The van der Waals surface area contributed by atoms with Gasteiger partial charge in [0, 0.05) is 23.2 Å². The van der Waals surface area contributed by atoms with Gasteiger partial charge in [-0.25, -0.2) is 4.98 Å². The molecule has 0 saturated carbocycles. The highest BCUT2D eigenvalue weighted by Crippen LogP contribution is 2.31. The molecule has 8 heteroatoms. The number of rotatable bonds is 5. The topological polar surface area (TPSA) is 63.7 Å². The number of hydrogen-bond acceptors (Lipinski definition) is 6. The summed E-state index contributed by atoms with van der Waals surface area (Å²) in [4.78, 5) is 19.7.